The molecule has 1 fully saturated rings. The van der Waals surface area contributed by atoms with Crippen molar-refractivity contribution in [3.05, 3.63) is 24.0 Å². The quantitative estimate of drug-likeness (QED) is 0.778. The number of rotatable bonds is 5. The molecule has 0 spiro atoms. The molecule has 4 heteroatoms. The summed E-state index contributed by atoms with van der Waals surface area (Å²) in [5.41, 5.74) is 7.30. The topological polar surface area (TPSA) is 38.5 Å². The number of methoxy groups -OCH3 is 1. The van der Waals surface area contributed by atoms with Crippen molar-refractivity contribution in [3.8, 4) is 0 Å². The van der Waals surface area contributed by atoms with Gasteiger partial charge < -0.3 is 15.4 Å². The normalized spacial score (nSPS) is 15.1. The van der Waals surface area contributed by atoms with E-state index in [1.54, 1.807) is 13.2 Å². The molecule has 0 atom stereocenters. The highest BCUT2D eigenvalue weighted by Crippen LogP contribution is 2.34. The fraction of sp³-hybridized carbons (Fsp3) is 0.500. The maximum Gasteiger partial charge on any atom is 0.125 e. The highest BCUT2D eigenvalue weighted by atomic mass is 19.1. The van der Waals surface area contributed by atoms with Crippen molar-refractivity contribution >= 4 is 11.4 Å². The first-order valence-electron chi connectivity index (χ1n) is 5.53. The van der Waals surface area contributed by atoms with Crippen LogP contribution in [0.1, 0.15) is 12.8 Å². The SMILES string of the molecule is COCCN(c1cc(F)ccc1N)C1CC1. The molecule has 0 saturated heterocycles. The summed E-state index contributed by atoms with van der Waals surface area (Å²) in [6.07, 6.45) is 2.30. The van der Waals surface area contributed by atoms with Crippen LogP contribution in [0.4, 0.5) is 15.8 Å². The van der Waals surface area contributed by atoms with Crippen molar-refractivity contribution in [2.75, 3.05) is 30.9 Å². The van der Waals surface area contributed by atoms with Crippen LogP contribution >= 0.6 is 0 Å². The van der Waals surface area contributed by atoms with E-state index in [4.69, 9.17) is 10.5 Å². The Morgan fingerprint density at radius 1 is 1.50 bits per heavy atom. The lowest BCUT2D eigenvalue weighted by Gasteiger charge is -2.25. The van der Waals surface area contributed by atoms with Crippen LogP contribution in [0.5, 0.6) is 0 Å². The molecule has 0 amide bonds. The van der Waals surface area contributed by atoms with Crippen LogP contribution in [0.15, 0.2) is 18.2 Å². The number of anilines is 2. The summed E-state index contributed by atoms with van der Waals surface area (Å²) < 4.78 is 18.3. The van der Waals surface area contributed by atoms with Crippen LogP contribution in [0, 0.1) is 5.82 Å². The first-order valence-corrected chi connectivity index (χ1v) is 5.53. The highest BCUT2D eigenvalue weighted by Gasteiger charge is 2.30. The van der Waals surface area contributed by atoms with Crippen LogP contribution in [0.2, 0.25) is 0 Å². The van der Waals surface area contributed by atoms with Gasteiger partial charge in [-0.05, 0) is 31.0 Å². The predicted molar refractivity (Wildman–Crippen MR) is 63.1 cm³/mol. The second kappa shape index (κ2) is 4.70. The predicted octanol–water partition coefficient (Wildman–Crippen LogP) is 2.02. The third-order valence-electron chi connectivity index (χ3n) is 2.83. The van der Waals surface area contributed by atoms with Crippen molar-refractivity contribution in [2.45, 2.75) is 18.9 Å². The zero-order chi connectivity index (χ0) is 11.5. The summed E-state index contributed by atoms with van der Waals surface area (Å²) in [6, 6.07) is 5.01. The maximum absolute atomic E-state index is 13.2. The molecule has 3 nitrogen and oxygen atoms in total. The molecule has 0 aromatic heterocycles. The van der Waals surface area contributed by atoms with Gasteiger partial charge in [-0.25, -0.2) is 4.39 Å². The molecule has 0 heterocycles. The Balaban J connectivity index is 2.19. The number of hydrogen-bond donors (Lipinski definition) is 1. The van der Waals surface area contributed by atoms with Gasteiger partial charge >= 0.3 is 0 Å². The molecular weight excluding hydrogens is 207 g/mol. The van der Waals surface area contributed by atoms with Crippen LogP contribution in [-0.4, -0.2) is 26.3 Å². The standard InChI is InChI=1S/C12H17FN2O/c1-16-7-6-15(10-3-4-10)12-8-9(13)2-5-11(12)14/h2,5,8,10H,3-4,6-7,14H2,1H3. The molecule has 0 radical (unpaired) electrons. The van der Waals surface area contributed by atoms with Crippen LogP contribution < -0.4 is 10.6 Å². The summed E-state index contributed by atoms with van der Waals surface area (Å²) in [6.45, 7) is 1.39. The van der Waals surface area contributed by atoms with Crippen molar-refractivity contribution in [1.82, 2.24) is 0 Å². The zero-order valence-corrected chi connectivity index (χ0v) is 9.45. The van der Waals surface area contributed by atoms with Crippen LogP contribution in [0.25, 0.3) is 0 Å². The van der Waals surface area contributed by atoms with Crippen molar-refractivity contribution < 1.29 is 9.13 Å². The second-order valence-electron chi connectivity index (χ2n) is 4.12. The van der Waals surface area contributed by atoms with Crippen LogP contribution in [-0.2, 0) is 4.74 Å². The van der Waals surface area contributed by atoms with E-state index in [2.05, 4.69) is 4.90 Å². The lowest BCUT2D eigenvalue weighted by Crippen LogP contribution is -2.30. The molecule has 88 valence electrons. The minimum atomic E-state index is -0.243. The molecule has 1 aliphatic rings. The summed E-state index contributed by atoms with van der Waals surface area (Å²) in [7, 11) is 1.67. The molecule has 1 aromatic rings. The average Bonchev–Trinajstić information content (AvgIpc) is 3.08. The Labute approximate surface area is 95.0 Å². The molecule has 16 heavy (non-hydrogen) atoms. The lowest BCUT2D eigenvalue weighted by atomic mass is 10.2. The van der Waals surface area contributed by atoms with E-state index in [0.717, 1.165) is 25.1 Å². The summed E-state index contributed by atoms with van der Waals surface area (Å²) in [4.78, 5) is 2.14. The average molecular weight is 224 g/mol. The molecule has 1 aliphatic carbocycles. The number of benzene rings is 1. The van der Waals surface area contributed by atoms with E-state index in [9.17, 15) is 4.39 Å². The van der Waals surface area contributed by atoms with Gasteiger partial charge in [-0.15, -0.1) is 0 Å². The Kier molecular flexibility index (Phi) is 3.29. The lowest BCUT2D eigenvalue weighted by molar-refractivity contribution is 0.205. The van der Waals surface area contributed by atoms with E-state index >= 15 is 0 Å². The first kappa shape index (κ1) is 11.2. The van der Waals surface area contributed by atoms with E-state index in [-0.39, 0.29) is 5.82 Å². The van der Waals surface area contributed by atoms with Gasteiger partial charge in [-0.2, -0.15) is 0 Å². The first-order chi connectivity index (χ1) is 7.72. The van der Waals surface area contributed by atoms with Gasteiger partial charge in [-0.3, -0.25) is 0 Å². The van der Waals surface area contributed by atoms with Crippen molar-refractivity contribution in [3.63, 3.8) is 0 Å². The van der Waals surface area contributed by atoms with Gasteiger partial charge in [0.1, 0.15) is 5.82 Å². The van der Waals surface area contributed by atoms with Gasteiger partial charge in [0.15, 0.2) is 0 Å². The minimum absolute atomic E-state index is 0.243. The monoisotopic (exact) mass is 224 g/mol. The summed E-state index contributed by atoms with van der Waals surface area (Å²) >= 11 is 0. The molecule has 1 saturated carbocycles. The van der Waals surface area contributed by atoms with E-state index in [1.807, 2.05) is 0 Å². The molecule has 2 N–H and O–H groups in total. The molecule has 1 aromatic carbocycles. The van der Waals surface area contributed by atoms with E-state index in [0.29, 0.717) is 18.3 Å². The fourth-order valence-electron chi connectivity index (χ4n) is 1.84. The minimum Gasteiger partial charge on any atom is -0.397 e. The van der Waals surface area contributed by atoms with Gasteiger partial charge in [-0.1, -0.05) is 0 Å². The third kappa shape index (κ3) is 2.44. The van der Waals surface area contributed by atoms with Crippen molar-refractivity contribution in [2.24, 2.45) is 0 Å². The van der Waals surface area contributed by atoms with E-state index in [1.165, 1.54) is 12.1 Å². The molecule has 2 rings (SSSR count). The Hall–Kier alpha value is -1.29. The number of hydrogen-bond acceptors (Lipinski definition) is 3. The zero-order valence-electron chi connectivity index (χ0n) is 9.45. The van der Waals surface area contributed by atoms with Gasteiger partial charge in [0.2, 0.25) is 0 Å². The summed E-state index contributed by atoms with van der Waals surface area (Å²) in [5.74, 6) is -0.243. The van der Waals surface area contributed by atoms with Crippen LogP contribution in [0.3, 0.4) is 0 Å². The number of nitrogen functional groups attached to an aromatic ring is 1. The Morgan fingerprint density at radius 3 is 2.88 bits per heavy atom. The fourth-order valence-corrected chi connectivity index (χ4v) is 1.84. The number of halogens is 1. The number of nitrogens with zero attached hydrogens (tertiary/aromatic N) is 1. The smallest absolute Gasteiger partial charge is 0.125 e. The number of ether oxygens (including phenoxy) is 1. The molecule has 0 unspecified atom stereocenters. The van der Waals surface area contributed by atoms with Gasteiger partial charge in [0, 0.05) is 19.7 Å². The Bertz CT molecular complexity index is 366. The molecular formula is C12H17FN2O. The largest absolute Gasteiger partial charge is 0.397 e. The van der Waals surface area contributed by atoms with Gasteiger partial charge in [0.05, 0.1) is 18.0 Å². The molecule has 0 bridgehead atoms. The summed E-state index contributed by atoms with van der Waals surface area (Å²) in [5, 5.41) is 0. The number of nitrogens with two attached hydrogens (primary N) is 1. The van der Waals surface area contributed by atoms with E-state index < -0.39 is 0 Å². The van der Waals surface area contributed by atoms with Gasteiger partial charge in [0.25, 0.3) is 0 Å². The van der Waals surface area contributed by atoms with Crippen molar-refractivity contribution in [1.29, 1.82) is 0 Å². The third-order valence-corrected chi connectivity index (χ3v) is 2.83. The maximum atomic E-state index is 13.2. The highest BCUT2D eigenvalue weighted by molar-refractivity contribution is 5.68. The second-order valence-corrected chi connectivity index (χ2v) is 4.12. The Morgan fingerprint density at radius 2 is 2.25 bits per heavy atom. The molecule has 0 aliphatic heterocycles.